The molecule has 102 valence electrons. The number of carbonyl (C=O) groups excluding carboxylic acids is 1. The fourth-order valence-corrected chi connectivity index (χ4v) is 1.45. The number of rotatable bonds is 6. The van der Waals surface area contributed by atoms with Crippen molar-refractivity contribution in [3.05, 3.63) is 29.6 Å². The van der Waals surface area contributed by atoms with Gasteiger partial charge in [-0.25, -0.2) is 4.39 Å². The van der Waals surface area contributed by atoms with Gasteiger partial charge in [-0.15, -0.1) is 0 Å². The van der Waals surface area contributed by atoms with Gasteiger partial charge in [-0.2, -0.15) is 5.26 Å². The number of carbonyl (C=O) groups is 1. The Morgan fingerprint density at radius 2 is 2.21 bits per heavy atom. The van der Waals surface area contributed by atoms with E-state index in [4.69, 9.17) is 5.26 Å². The molecule has 1 amide bonds. The van der Waals surface area contributed by atoms with Crippen molar-refractivity contribution >= 4 is 11.6 Å². The van der Waals surface area contributed by atoms with Crippen molar-refractivity contribution in [2.24, 2.45) is 5.92 Å². The van der Waals surface area contributed by atoms with Crippen LogP contribution in [0.3, 0.4) is 0 Å². The first kappa shape index (κ1) is 15.0. The third-order valence-corrected chi connectivity index (χ3v) is 2.47. The van der Waals surface area contributed by atoms with E-state index < -0.39 is 5.82 Å². The molecule has 2 N–H and O–H groups in total. The van der Waals surface area contributed by atoms with E-state index in [0.717, 1.165) is 0 Å². The molecule has 0 saturated heterocycles. The quantitative estimate of drug-likeness (QED) is 0.827. The Balaban J connectivity index is 2.37. The molecule has 1 aromatic rings. The lowest BCUT2D eigenvalue weighted by Gasteiger charge is -2.09. The van der Waals surface area contributed by atoms with Crippen LogP contribution in [0.25, 0.3) is 0 Å². The number of amides is 1. The summed E-state index contributed by atoms with van der Waals surface area (Å²) in [5, 5.41) is 14.2. The maximum Gasteiger partial charge on any atom is 0.221 e. The van der Waals surface area contributed by atoms with Gasteiger partial charge in [-0.3, -0.25) is 4.79 Å². The topological polar surface area (TPSA) is 64.9 Å². The van der Waals surface area contributed by atoms with Crippen molar-refractivity contribution in [2.75, 3.05) is 18.4 Å². The molecule has 0 aliphatic heterocycles. The van der Waals surface area contributed by atoms with E-state index in [1.807, 2.05) is 19.9 Å². The molecule has 0 aliphatic rings. The molecular weight excluding hydrogens is 245 g/mol. The number of benzene rings is 1. The summed E-state index contributed by atoms with van der Waals surface area (Å²) in [6.45, 7) is 5.03. The number of hydrogen-bond acceptors (Lipinski definition) is 3. The predicted molar refractivity (Wildman–Crippen MR) is 72.1 cm³/mol. The van der Waals surface area contributed by atoms with Crippen molar-refractivity contribution < 1.29 is 9.18 Å². The summed E-state index contributed by atoms with van der Waals surface area (Å²) in [5.74, 6) is -0.134. The molecule has 1 aromatic carbocycles. The highest BCUT2D eigenvalue weighted by molar-refractivity contribution is 5.76. The molecule has 0 aliphatic carbocycles. The highest BCUT2D eigenvalue weighted by atomic mass is 19.1. The minimum absolute atomic E-state index is 0.0600. The lowest BCUT2D eigenvalue weighted by molar-refractivity contribution is -0.120. The summed E-state index contributed by atoms with van der Waals surface area (Å²) in [7, 11) is 0. The Labute approximate surface area is 112 Å². The second-order valence-corrected chi connectivity index (χ2v) is 4.68. The van der Waals surface area contributed by atoms with Gasteiger partial charge in [0.15, 0.2) is 0 Å². The van der Waals surface area contributed by atoms with Crippen molar-refractivity contribution in [1.29, 1.82) is 5.26 Å². The van der Waals surface area contributed by atoms with Crippen LogP contribution < -0.4 is 10.6 Å². The molecule has 4 nitrogen and oxygen atoms in total. The molecule has 0 bridgehead atoms. The summed E-state index contributed by atoms with van der Waals surface area (Å²) in [6.07, 6.45) is 0.284. The number of nitrogens with one attached hydrogen (secondary N) is 2. The van der Waals surface area contributed by atoms with E-state index >= 15 is 0 Å². The lowest BCUT2D eigenvalue weighted by atomic mass is 10.2. The summed E-state index contributed by atoms with van der Waals surface area (Å²) >= 11 is 0. The SMILES string of the molecule is CC(C)CNC(=O)CCNc1ccc(C#N)cc1F. The van der Waals surface area contributed by atoms with Crippen LogP contribution in [0.1, 0.15) is 25.8 Å². The molecule has 0 aromatic heterocycles. The minimum Gasteiger partial charge on any atom is -0.382 e. The molecule has 0 spiro atoms. The first-order chi connectivity index (χ1) is 9.02. The molecule has 0 fully saturated rings. The molecule has 1 rings (SSSR count). The number of nitrogens with zero attached hydrogens (tertiary/aromatic N) is 1. The van der Waals surface area contributed by atoms with Crippen LogP contribution in [-0.4, -0.2) is 19.0 Å². The molecule has 0 unspecified atom stereocenters. The zero-order valence-electron chi connectivity index (χ0n) is 11.2. The zero-order chi connectivity index (χ0) is 14.3. The molecule has 0 radical (unpaired) electrons. The first-order valence-corrected chi connectivity index (χ1v) is 6.23. The first-order valence-electron chi connectivity index (χ1n) is 6.23. The smallest absolute Gasteiger partial charge is 0.221 e. The normalized spacial score (nSPS) is 10.1. The summed E-state index contributed by atoms with van der Waals surface area (Å²) < 4.78 is 13.5. The van der Waals surface area contributed by atoms with Gasteiger partial charge in [0.25, 0.3) is 0 Å². The minimum atomic E-state index is -0.485. The van der Waals surface area contributed by atoms with Crippen molar-refractivity contribution in [3.63, 3.8) is 0 Å². The number of anilines is 1. The molecule has 0 atom stereocenters. The van der Waals surface area contributed by atoms with Gasteiger partial charge in [-0.05, 0) is 24.1 Å². The van der Waals surface area contributed by atoms with E-state index in [-0.39, 0.29) is 17.9 Å². The lowest BCUT2D eigenvalue weighted by Crippen LogP contribution is -2.28. The van der Waals surface area contributed by atoms with E-state index in [0.29, 0.717) is 24.7 Å². The van der Waals surface area contributed by atoms with Gasteiger partial charge in [0.05, 0.1) is 17.3 Å². The van der Waals surface area contributed by atoms with Crippen LogP contribution >= 0.6 is 0 Å². The van der Waals surface area contributed by atoms with Gasteiger partial charge < -0.3 is 10.6 Å². The van der Waals surface area contributed by atoms with Crippen LogP contribution in [0.2, 0.25) is 0 Å². The molecule has 5 heteroatoms. The van der Waals surface area contributed by atoms with Crippen LogP contribution in [0.5, 0.6) is 0 Å². The Kier molecular flexibility index (Phi) is 5.80. The van der Waals surface area contributed by atoms with Crippen molar-refractivity contribution in [2.45, 2.75) is 20.3 Å². The van der Waals surface area contributed by atoms with Crippen LogP contribution in [0.15, 0.2) is 18.2 Å². The maximum atomic E-state index is 13.5. The highest BCUT2D eigenvalue weighted by Crippen LogP contribution is 2.15. The molecule has 19 heavy (non-hydrogen) atoms. The van der Waals surface area contributed by atoms with E-state index in [9.17, 15) is 9.18 Å². The third kappa shape index (κ3) is 5.38. The molecular formula is C14H18FN3O. The van der Waals surface area contributed by atoms with E-state index in [2.05, 4.69) is 10.6 Å². The van der Waals surface area contributed by atoms with E-state index in [1.165, 1.54) is 18.2 Å². The van der Waals surface area contributed by atoms with Gasteiger partial charge in [0.2, 0.25) is 5.91 Å². The summed E-state index contributed by atoms with van der Waals surface area (Å²) in [4.78, 5) is 11.4. The van der Waals surface area contributed by atoms with Crippen LogP contribution in [0, 0.1) is 23.1 Å². The van der Waals surface area contributed by atoms with E-state index in [1.54, 1.807) is 0 Å². The fourth-order valence-electron chi connectivity index (χ4n) is 1.45. The standard InChI is InChI=1S/C14H18FN3O/c1-10(2)9-18-14(19)5-6-17-13-4-3-11(8-16)7-12(13)15/h3-4,7,10,17H,5-6,9H2,1-2H3,(H,18,19). The Bertz CT molecular complexity index is 480. The summed E-state index contributed by atoms with van der Waals surface area (Å²) in [6, 6.07) is 6.06. The second-order valence-electron chi connectivity index (χ2n) is 4.68. The van der Waals surface area contributed by atoms with Crippen molar-refractivity contribution in [3.8, 4) is 6.07 Å². The summed E-state index contributed by atoms with van der Waals surface area (Å²) in [5.41, 5.74) is 0.577. The van der Waals surface area contributed by atoms with Crippen LogP contribution in [0.4, 0.5) is 10.1 Å². The molecule has 0 saturated carbocycles. The Morgan fingerprint density at radius 1 is 1.47 bits per heavy atom. The van der Waals surface area contributed by atoms with Gasteiger partial charge in [0, 0.05) is 19.5 Å². The average molecular weight is 263 g/mol. The van der Waals surface area contributed by atoms with Gasteiger partial charge in [-0.1, -0.05) is 13.8 Å². The zero-order valence-corrected chi connectivity index (χ0v) is 11.2. The second kappa shape index (κ2) is 7.37. The maximum absolute atomic E-state index is 13.5. The Hall–Kier alpha value is -2.09. The van der Waals surface area contributed by atoms with Gasteiger partial charge >= 0.3 is 0 Å². The Morgan fingerprint density at radius 3 is 2.79 bits per heavy atom. The number of hydrogen-bond donors (Lipinski definition) is 2. The largest absolute Gasteiger partial charge is 0.382 e. The average Bonchev–Trinajstić information content (AvgIpc) is 2.38. The molecule has 0 heterocycles. The monoisotopic (exact) mass is 263 g/mol. The number of halogens is 1. The van der Waals surface area contributed by atoms with Crippen LogP contribution in [-0.2, 0) is 4.79 Å². The number of nitriles is 1. The van der Waals surface area contributed by atoms with Crippen molar-refractivity contribution in [1.82, 2.24) is 5.32 Å². The predicted octanol–water partition coefficient (Wildman–Crippen LogP) is 2.27. The van der Waals surface area contributed by atoms with Gasteiger partial charge in [0.1, 0.15) is 5.82 Å². The highest BCUT2D eigenvalue weighted by Gasteiger charge is 2.05. The fraction of sp³-hybridized carbons (Fsp3) is 0.429. The third-order valence-electron chi connectivity index (χ3n) is 2.47.